The van der Waals surface area contributed by atoms with E-state index in [4.69, 9.17) is 16.3 Å². The highest BCUT2D eigenvalue weighted by Gasteiger charge is 2.42. The van der Waals surface area contributed by atoms with Crippen molar-refractivity contribution in [3.63, 3.8) is 0 Å². The van der Waals surface area contributed by atoms with Crippen LogP contribution in [0, 0.1) is 5.41 Å². The fraction of sp³-hybridized carbons (Fsp3) is 0.611. The number of hydrogen-bond donors (Lipinski definition) is 2. The number of aliphatic hydroxyl groups excluding tert-OH is 1. The van der Waals surface area contributed by atoms with Crippen molar-refractivity contribution in [3.8, 4) is 0 Å². The lowest BCUT2D eigenvalue weighted by Crippen LogP contribution is -2.41. The van der Waals surface area contributed by atoms with E-state index in [9.17, 15) is 5.11 Å². The number of halogens is 1. The Labute approximate surface area is 148 Å². The zero-order chi connectivity index (χ0) is 17.0. The molecule has 2 N–H and O–H groups in total. The Morgan fingerprint density at radius 3 is 3.00 bits per heavy atom. The van der Waals surface area contributed by atoms with Crippen LogP contribution in [0.15, 0.2) is 29.3 Å². The van der Waals surface area contributed by atoms with E-state index < -0.39 is 6.10 Å². The molecule has 2 heterocycles. The van der Waals surface area contributed by atoms with Crippen LogP contribution in [0.3, 0.4) is 0 Å². The van der Waals surface area contributed by atoms with Crippen LogP contribution in [-0.2, 0) is 4.74 Å². The predicted molar refractivity (Wildman–Crippen MR) is 96.4 cm³/mol. The van der Waals surface area contributed by atoms with Crippen LogP contribution in [-0.4, -0.2) is 55.4 Å². The second-order valence-electron chi connectivity index (χ2n) is 6.71. The number of aliphatic hydroxyl groups is 1. The first-order valence-corrected chi connectivity index (χ1v) is 9.05. The van der Waals surface area contributed by atoms with Crippen LogP contribution in [0.25, 0.3) is 0 Å². The van der Waals surface area contributed by atoms with Gasteiger partial charge in [0, 0.05) is 42.2 Å². The third kappa shape index (κ3) is 3.85. The summed E-state index contributed by atoms with van der Waals surface area (Å²) in [6.45, 7) is 6.84. The Bertz CT molecular complexity index is 587. The lowest BCUT2D eigenvalue weighted by molar-refractivity contribution is 0.156. The van der Waals surface area contributed by atoms with Crippen LogP contribution in [0.1, 0.15) is 31.4 Å². The highest BCUT2D eigenvalue weighted by molar-refractivity contribution is 6.31. The molecular formula is C18H26ClN3O2. The molecule has 0 aliphatic carbocycles. The van der Waals surface area contributed by atoms with Gasteiger partial charge in [0.15, 0.2) is 5.96 Å². The molecule has 24 heavy (non-hydrogen) atoms. The van der Waals surface area contributed by atoms with Gasteiger partial charge in [0.2, 0.25) is 0 Å². The average Bonchev–Trinajstić information content (AvgIpc) is 3.22. The van der Waals surface area contributed by atoms with Crippen LogP contribution in [0.5, 0.6) is 0 Å². The number of nitrogens with zero attached hydrogens (tertiary/aromatic N) is 2. The summed E-state index contributed by atoms with van der Waals surface area (Å²) in [4.78, 5) is 6.94. The SMILES string of the molecule is CCNC(=NCC(O)c1ccccc1Cl)N1CCC2(CCOC2)C1. The van der Waals surface area contributed by atoms with Crippen molar-refractivity contribution in [1.82, 2.24) is 10.2 Å². The minimum atomic E-state index is -0.696. The van der Waals surface area contributed by atoms with Crippen LogP contribution in [0.2, 0.25) is 5.02 Å². The maximum Gasteiger partial charge on any atom is 0.194 e. The van der Waals surface area contributed by atoms with Gasteiger partial charge in [-0.3, -0.25) is 4.99 Å². The number of benzene rings is 1. The van der Waals surface area contributed by atoms with E-state index in [0.29, 0.717) is 11.6 Å². The maximum absolute atomic E-state index is 10.4. The van der Waals surface area contributed by atoms with Crippen LogP contribution < -0.4 is 5.32 Å². The summed E-state index contributed by atoms with van der Waals surface area (Å²) >= 11 is 6.16. The Balaban J connectivity index is 1.67. The van der Waals surface area contributed by atoms with Gasteiger partial charge in [-0.25, -0.2) is 0 Å². The number of guanidine groups is 1. The van der Waals surface area contributed by atoms with E-state index in [1.54, 1.807) is 6.07 Å². The molecule has 0 aromatic heterocycles. The van der Waals surface area contributed by atoms with E-state index in [0.717, 1.165) is 57.2 Å². The molecule has 1 spiro atoms. The molecule has 2 aliphatic rings. The average molecular weight is 352 g/mol. The normalized spacial score (nSPS) is 25.5. The van der Waals surface area contributed by atoms with Crippen LogP contribution >= 0.6 is 11.6 Å². The van der Waals surface area contributed by atoms with Gasteiger partial charge in [0.05, 0.1) is 13.2 Å². The minimum Gasteiger partial charge on any atom is -0.386 e. The minimum absolute atomic E-state index is 0.289. The number of nitrogens with one attached hydrogen (secondary N) is 1. The van der Waals surface area contributed by atoms with E-state index in [1.165, 1.54) is 0 Å². The summed E-state index contributed by atoms with van der Waals surface area (Å²) in [6, 6.07) is 7.37. The molecule has 2 aliphatic heterocycles. The van der Waals surface area contributed by atoms with Crippen molar-refractivity contribution in [3.05, 3.63) is 34.9 Å². The summed E-state index contributed by atoms with van der Waals surface area (Å²) in [6.07, 6.45) is 1.58. The molecule has 2 atom stereocenters. The third-order valence-electron chi connectivity index (χ3n) is 4.94. The van der Waals surface area contributed by atoms with E-state index in [-0.39, 0.29) is 5.41 Å². The van der Waals surface area contributed by atoms with Gasteiger partial charge in [-0.05, 0) is 25.8 Å². The molecule has 0 radical (unpaired) electrons. The first kappa shape index (κ1) is 17.5. The quantitative estimate of drug-likeness (QED) is 0.646. The Morgan fingerprint density at radius 2 is 2.29 bits per heavy atom. The van der Waals surface area contributed by atoms with Gasteiger partial charge >= 0.3 is 0 Å². The number of likely N-dealkylation sites (tertiary alicyclic amines) is 1. The molecule has 3 rings (SSSR count). The molecule has 0 amide bonds. The van der Waals surface area contributed by atoms with E-state index in [1.807, 2.05) is 18.2 Å². The fourth-order valence-corrected chi connectivity index (χ4v) is 3.79. The molecule has 0 saturated carbocycles. The van der Waals surface area contributed by atoms with Crippen LogP contribution in [0.4, 0.5) is 0 Å². The maximum atomic E-state index is 10.4. The largest absolute Gasteiger partial charge is 0.386 e. The molecular weight excluding hydrogens is 326 g/mol. The highest BCUT2D eigenvalue weighted by Crippen LogP contribution is 2.38. The zero-order valence-electron chi connectivity index (χ0n) is 14.2. The van der Waals surface area contributed by atoms with Gasteiger partial charge in [-0.2, -0.15) is 0 Å². The summed E-state index contributed by atoms with van der Waals surface area (Å²) in [7, 11) is 0. The highest BCUT2D eigenvalue weighted by atomic mass is 35.5. The van der Waals surface area contributed by atoms with E-state index >= 15 is 0 Å². The second kappa shape index (κ2) is 7.72. The Kier molecular flexibility index (Phi) is 5.64. The van der Waals surface area contributed by atoms with Gasteiger partial charge in [0.1, 0.15) is 6.10 Å². The Morgan fingerprint density at radius 1 is 1.46 bits per heavy atom. The zero-order valence-corrected chi connectivity index (χ0v) is 14.9. The van der Waals surface area contributed by atoms with Crippen molar-refractivity contribution in [2.24, 2.45) is 10.4 Å². The fourth-order valence-electron chi connectivity index (χ4n) is 3.53. The number of aliphatic imine (C=N–C) groups is 1. The summed E-state index contributed by atoms with van der Waals surface area (Å²) in [5, 5.41) is 14.3. The lowest BCUT2D eigenvalue weighted by atomic mass is 9.87. The standard InChI is InChI=1S/C18H26ClN3O2/c1-2-20-17(22-9-7-18(12-22)8-10-24-13-18)21-11-16(23)14-5-3-4-6-15(14)19/h3-6,16,23H,2,7-13H2,1H3,(H,20,21). The van der Waals surface area contributed by atoms with Crippen molar-refractivity contribution in [1.29, 1.82) is 0 Å². The monoisotopic (exact) mass is 351 g/mol. The first-order chi connectivity index (χ1) is 11.6. The summed E-state index contributed by atoms with van der Waals surface area (Å²) in [5.74, 6) is 0.868. The molecule has 5 nitrogen and oxygen atoms in total. The Hall–Kier alpha value is -1.30. The number of hydrogen-bond acceptors (Lipinski definition) is 3. The van der Waals surface area contributed by atoms with Crippen molar-refractivity contribution in [2.75, 3.05) is 39.4 Å². The van der Waals surface area contributed by atoms with Crippen molar-refractivity contribution >= 4 is 17.6 Å². The summed E-state index contributed by atoms with van der Waals surface area (Å²) in [5.41, 5.74) is 1.01. The molecule has 2 fully saturated rings. The van der Waals surface area contributed by atoms with Crippen molar-refractivity contribution in [2.45, 2.75) is 25.9 Å². The van der Waals surface area contributed by atoms with Gasteiger partial charge < -0.3 is 20.1 Å². The molecule has 1 aromatic carbocycles. The third-order valence-corrected chi connectivity index (χ3v) is 5.28. The predicted octanol–water partition coefficient (Wildman–Crippen LogP) is 2.45. The van der Waals surface area contributed by atoms with Gasteiger partial charge in [-0.15, -0.1) is 0 Å². The molecule has 2 saturated heterocycles. The number of ether oxygens (including phenoxy) is 1. The van der Waals surface area contributed by atoms with Crippen molar-refractivity contribution < 1.29 is 9.84 Å². The molecule has 0 bridgehead atoms. The van der Waals surface area contributed by atoms with Gasteiger partial charge in [-0.1, -0.05) is 29.8 Å². The lowest BCUT2D eigenvalue weighted by Gasteiger charge is -2.25. The first-order valence-electron chi connectivity index (χ1n) is 8.67. The second-order valence-corrected chi connectivity index (χ2v) is 7.11. The molecule has 132 valence electrons. The van der Waals surface area contributed by atoms with Gasteiger partial charge in [0.25, 0.3) is 0 Å². The molecule has 1 aromatic rings. The smallest absolute Gasteiger partial charge is 0.194 e. The molecule has 6 heteroatoms. The molecule has 2 unspecified atom stereocenters. The summed E-state index contributed by atoms with van der Waals surface area (Å²) < 4.78 is 5.60. The topological polar surface area (TPSA) is 57.1 Å². The van der Waals surface area contributed by atoms with E-state index in [2.05, 4.69) is 22.1 Å². The number of rotatable bonds is 4.